The monoisotopic (exact) mass is 267 g/mol. The molecule has 8 nitrogen and oxygen atoms in total. The highest BCUT2D eigenvalue weighted by Gasteiger charge is 2.25. The molecule has 8 heteroatoms. The molecule has 1 saturated carbocycles. The Labute approximate surface area is 112 Å². The highest BCUT2D eigenvalue weighted by molar-refractivity contribution is 5.42. The highest BCUT2D eigenvalue weighted by Crippen LogP contribution is 2.25. The molecule has 1 aromatic rings. The van der Waals surface area contributed by atoms with E-state index in [1.54, 1.807) is 4.90 Å². The van der Waals surface area contributed by atoms with Crippen molar-refractivity contribution >= 4 is 17.8 Å². The van der Waals surface area contributed by atoms with Gasteiger partial charge in [0, 0.05) is 26.6 Å². The Kier molecular flexibility index (Phi) is 4.33. The van der Waals surface area contributed by atoms with Gasteiger partial charge in [-0.05, 0) is 12.8 Å². The van der Waals surface area contributed by atoms with Crippen LogP contribution < -0.4 is 21.5 Å². The van der Waals surface area contributed by atoms with Gasteiger partial charge in [0.1, 0.15) is 0 Å². The number of nitrogen functional groups attached to an aromatic ring is 1. The summed E-state index contributed by atoms with van der Waals surface area (Å²) >= 11 is 0. The molecule has 0 bridgehead atoms. The van der Waals surface area contributed by atoms with Gasteiger partial charge in [-0.25, -0.2) is 5.84 Å². The van der Waals surface area contributed by atoms with Crippen molar-refractivity contribution in [1.29, 1.82) is 0 Å². The largest absolute Gasteiger partial charge is 0.393 e. The Morgan fingerprint density at radius 1 is 1.26 bits per heavy atom. The van der Waals surface area contributed by atoms with Crippen LogP contribution in [0.3, 0.4) is 0 Å². The number of aliphatic hydroxyl groups is 1. The minimum Gasteiger partial charge on any atom is -0.393 e. The van der Waals surface area contributed by atoms with Gasteiger partial charge in [-0.15, -0.1) is 0 Å². The van der Waals surface area contributed by atoms with E-state index in [2.05, 4.69) is 25.7 Å². The normalized spacial score (nSPS) is 22.3. The van der Waals surface area contributed by atoms with E-state index >= 15 is 0 Å². The molecular formula is C11H21N7O. The summed E-state index contributed by atoms with van der Waals surface area (Å²) in [4.78, 5) is 14.3. The molecule has 0 amide bonds. The van der Waals surface area contributed by atoms with E-state index in [4.69, 9.17) is 5.84 Å². The molecule has 1 aliphatic carbocycles. The highest BCUT2D eigenvalue weighted by atomic mass is 16.3. The summed E-state index contributed by atoms with van der Waals surface area (Å²) in [5.41, 5.74) is 2.42. The molecule has 0 spiro atoms. The Morgan fingerprint density at radius 3 is 2.58 bits per heavy atom. The van der Waals surface area contributed by atoms with E-state index in [0.717, 1.165) is 19.3 Å². The average Bonchev–Trinajstić information content (AvgIpc) is 2.81. The third-order valence-electron chi connectivity index (χ3n) is 3.29. The van der Waals surface area contributed by atoms with Crippen molar-refractivity contribution in [3.05, 3.63) is 0 Å². The van der Waals surface area contributed by atoms with E-state index in [9.17, 15) is 5.11 Å². The SMILES string of the molecule is CN(C)c1nc(NN)nc(NCC2CCCC2O)n1. The number of nitrogens with two attached hydrogens (primary N) is 1. The molecular weight excluding hydrogens is 246 g/mol. The van der Waals surface area contributed by atoms with Crippen LogP contribution in [-0.4, -0.2) is 46.8 Å². The minimum absolute atomic E-state index is 0.227. The van der Waals surface area contributed by atoms with Crippen LogP contribution in [0, 0.1) is 5.92 Å². The van der Waals surface area contributed by atoms with Crippen molar-refractivity contribution in [2.45, 2.75) is 25.4 Å². The molecule has 1 fully saturated rings. The summed E-state index contributed by atoms with van der Waals surface area (Å²) in [6.45, 7) is 0.655. The van der Waals surface area contributed by atoms with E-state index < -0.39 is 0 Å². The quantitative estimate of drug-likeness (QED) is 0.428. The lowest BCUT2D eigenvalue weighted by Gasteiger charge is -2.16. The van der Waals surface area contributed by atoms with Gasteiger partial charge in [0.2, 0.25) is 17.8 Å². The zero-order chi connectivity index (χ0) is 13.8. The van der Waals surface area contributed by atoms with Crippen LogP contribution in [0.15, 0.2) is 0 Å². The van der Waals surface area contributed by atoms with Crippen molar-refractivity contribution in [2.75, 3.05) is 36.3 Å². The topological polar surface area (TPSA) is 112 Å². The number of nitrogens with one attached hydrogen (secondary N) is 2. The van der Waals surface area contributed by atoms with E-state index in [1.807, 2.05) is 14.1 Å². The zero-order valence-corrected chi connectivity index (χ0v) is 11.3. The second kappa shape index (κ2) is 5.98. The lowest BCUT2D eigenvalue weighted by molar-refractivity contribution is 0.138. The maximum atomic E-state index is 9.78. The number of hydrogen-bond acceptors (Lipinski definition) is 8. The van der Waals surface area contributed by atoms with E-state index in [1.165, 1.54) is 0 Å². The molecule has 19 heavy (non-hydrogen) atoms. The first-order valence-electron chi connectivity index (χ1n) is 6.42. The van der Waals surface area contributed by atoms with Gasteiger partial charge in [-0.1, -0.05) is 6.42 Å². The molecule has 1 aromatic heterocycles. The molecule has 2 atom stereocenters. The van der Waals surface area contributed by atoms with Crippen LogP contribution in [-0.2, 0) is 0 Å². The maximum Gasteiger partial charge on any atom is 0.243 e. The fraction of sp³-hybridized carbons (Fsp3) is 0.727. The second-order valence-corrected chi connectivity index (χ2v) is 4.96. The second-order valence-electron chi connectivity index (χ2n) is 4.96. The molecule has 1 heterocycles. The van der Waals surface area contributed by atoms with Crippen molar-refractivity contribution in [1.82, 2.24) is 15.0 Å². The van der Waals surface area contributed by atoms with Crippen LogP contribution in [0.25, 0.3) is 0 Å². The van der Waals surface area contributed by atoms with Gasteiger partial charge >= 0.3 is 0 Å². The van der Waals surface area contributed by atoms with Gasteiger partial charge in [0.05, 0.1) is 6.10 Å². The Hall–Kier alpha value is -1.67. The van der Waals surface area contributed by atoms with Gasteiger partial charge < -0.3 is 15.3 Å². The molecule has 0 radical (unpaired) electrons. The average molecular weight is 267 g/mol. The molecule has 2 rings (SSSR count). The van der Waals surface area contributed by atoms with Crippen molar-refractivity contribution in [3.8, 4) is 0 Å². The molecule has 2 unspecified atom stereocenters. The smallest absolute Gasteiger partial charge is 0.243 e. The summed E-state index contributed by atoms with van der Waals surface area (Å²) in [5, 5.41) is 12.9. The Bertz CT molecular complexity index is 426. The molecule has 0 saturated heterocycles. The van der Waals surface area contributed by atoms with E-state index in [-0.39, 0.29) is 12.0 Å². The number of aliphatic hydroxyl groups excluding tert-OH is 1. The van der Waals surface area contributed by atoms with Crippen LogP contribution in [0.2, 0.25) is 0 Å². The lowest BCUT2D eigenvalue weighted by atomic mass is 10.1. The molecule has 0 aliphatic heterocycles. The number of hydrazine groups is 1. The Balaban J connectivity index is 2.04. The number of aromatic nitrogens is 3. The molecule has 1 aliphatic rings. The van der Waals surface area contributed by atoms with Gasteiger partial charge in [-0.3, -0.25) is 5.43 Å². The number of rotatable bonds is 5. The van der Waals surface area contributed by atoms with Crippen LogP contribution in [0.5, 0.6) is 0 Å². The first-order valence-corrected chi connectivity index (χ1v) is 6.42. The Morgan fingerprint density at radius 2 is 2.00 bits per heavy atom. The summed E-state index contributed by atoms with van der Waals surface area (Å²) < 4.78 is 0. The third-order valence-corrected chi connectivity index (χ3v) is 3.29. The first-order chi connectivity index (χ1) is 9.10. The number of anilines is 3. The first kappa shape index (κ1) is 13.8. The van der Waals surface area contributed by atoms with Gasteiger partial charge in [-0.2, -0.15) is 15.0 Å². The zero-order valence-electron chi connectivity index (χ0n) is 11.3. The fourth-order valence-corrected chi connectivity index (χ4v) is 2.19. The van der Waals surface area contributed by atoms with Crippen LogP contribution in [0.1, 0.15) is 19.3 Å². The van der Waals surface area contributed by atoms with E-state index in [0.29, 0.717) is 24.4 Å². The van der Waals surface area contributed by atoms with Crippen molar-refractivity contribution in [3.63, 3.8) is 0 Å². The lowest BCUT2D eigenvalue weighted by Crippen LogP contribution is -2.24. The van der Waals surface area contributed by atoms with Crippen LogP contribution in [0.4, 0.5) is 17.8 Å². The summed E-state index contributed by atoms with van der Waals surface area (Å²) in [6, 6.07) is 0. The summed E-state index contributed by atoms with van der Waals surface area (Å²) in [6.07, 6.45) is 2.75. The number of nitrogens with zero attached hydrogens (tertiary/aromatic N) is 4. The molecule has 106 valence electrons. The third kappa shape index (κ3) is 3.42. The fourth-order valence-electron chi connectivity index (χ4n) is 2.19. The predicted octanol–water partition coefficient (Wildman–Crippen LogP) is -0.204. The number of hydrogen-bond donors (Lipinski definition) is 4. The van der Waals surface area contributed by atoms with Crippen molar-refractivity contribution in [2.24, 2.45) is 11.8 Å². The van der Waals surface area contributed by atoms with Gasteiger partial charge in [0.15, 0.2) is 0 Å². The van der Waals surface area contributed by atoms with Crippen LogP contribution >= 0.6 is 0 Å². The summed E-state index contributed by atoms with van der Waals surface area (Å²) in [5.74, 6) is 6.90. The van der Waals surface area contributed by atoms with Gasteiger partial charge in [0.25, 0.3) is 0 Å². The molecule has 0 aromatic carbocycles. The summed E-state index contributed by atoms with van der Waals surface area (Å²) in [7, 11) is 3.69. The molecule has 5 N–H and O–H groups in total. The maximum absolute atomic E-state index is 9.78. The van der Waals surface area contributed by atoms with Crippen molar-refractivity contribution < 1.29 is 5.11 Å². The minimum atomic E-state index is -0.227. The standard InChI is InChI=1S/C11H21N7O/c1-18(2)11-15-9(14-10(16-11)17-12)13-6-7-4-3-5-8(7)19/h7-8,19H,3-6,12H2,1-2H3,(H2,13,14,15,16,17). The predicted molar refractivity (Wildman–Crippen MR) is 73.8 cm³/mol.